The maximum Gasteiger partial charge on any atom is 0.343 e. The summed E-state index contributed by atoms with van der Waals surface area (Å²) in [6, 6.07) is 7.17. The molecule has 3 rings (SSSR count). The Balaban J connectivity index is 2.44. The molecule has 3 nitrogen and oxygen atoms in total. The minimum atomic E-state index is -0.339. The number of hydrogen-bond acceptors (Lipinski definition) is 3. The molecule has 0 saturated heterocycles. The molecule has 86 valence electrons. The first kappa shape index (κ1) is 10.3. The zero-order chi connectivity index (χ0) is 11.8. The average molecular weight is 228 g/mol. The Labute approximate surface area is 98.1 Å². The minimum absolute atomic E-state index is 0.0949. The average Bonchev–Trinajstić information content (AvgIpc) is 2.52. The Hall–Kier alpha value is -1.90. The van der Waals surface area contributed by atoms with Crippen LogP contribution in [0.4, 0.5) is 0 Å². The fourth-order valence-corrected chi connectivity index (χ4v) is 2.43. The molecule has 1 aliphatic carbocycles. The number of rotatable bonds is 0. The summed E-state index contributed by atoms with van der Waals surface area (Å²) in [4.78, 5) is 23.9. The van der Waals surface area contributed by atoms with Gasteiger partial charge in [-0.2, -0.15) is 0 Å². The van der Waals surface area contributed by atoms with Crippen LogP contribution in [-0.4, -0.2) is 5.78 Å². The number of hydrogen-bond donors (Lipinski definition) is 0. The van der Waals surface area contributed by atoms with Gasteiger partial charge >= 0.3 is 5.63 Å². The molecule has 0 spiro atoms. The van der Waals surface area contributed by atoms with Crippen molar-refractivity contribution in [2.24, 2.45) is 0 Å². The van der Waals surface area contributed by atoms with Crippen molar-refractivity contribution >= 4 is 16.6 Å². The number of ketones is 1. The maximum atomic E-state index is 12.1. The van der Waals surface area contributed by atoms with Gasteiger partial charge < -0.3 is 4.42 Å². The lowest BCUT2D eigenvalue weighted by Crippen LogP contribution is -2.09. The van der Waals surface area contributed by atoms with Crippen molar-refractivity contribution < 1.29 is 9.21 Å². The molecule has 3 heteroatoms. The summed E-state index contributed by atoms with van der Waals surface area (Å²) >= 11 is 0. The molecule has 0 radical (unpaired) electrons. The number of aryl methyl sites for hydroxylation is 1. The van der Waals surface area contributed by atoms with Crippen molar-refractivity contribution in [2.75, 3.05) is 0 Å². The van der Waals surface area contributed by atoms with Crippen LogP contribution in [0.25, 0.3) is 10.8 Å². The SMILES string of the molecule is O=C1CCCCc2oc(=O)c3ccccc3c21. The van der Waals surface area contributed by atoms with Gasteiger partial charge in [-0.3, -0.25) is 4.79 Å². The van der Waals surface area contributed by atoms with Gasteiger partial charge in [0.2, 0.25) is 0 Å². The van der Waals surface area contributed by atoms with Gasteiger partial charge in [-0.25, -0.2) is 4.79 Å². The second-order valence-electron chi connectivity index (χ2n) is 4.36. The first-order chi connectivity index (χ1) is 8.27. The van der Waals surface area contributed by atoms with E-state index in [0.717, 1.165) is 18.2 Å². The summed E-state index contributed by atoms with van der Waals surface area (Å²) in [5.41, 5.74) is 0.284. The largest absolute Gasteiger partial charge is 0.427 e. The van der Waals surface area contributed by atoms with Crippen LogP contribution in [0.5, 0.6) is 0 Å². The maximum absolute atomic E-state index is 12.1. The molecule has 1 heterocycles. The number of carbonyl (C=O) groups is 1. The van der Waals surface area contributed by atoms with E-state index in [2.05, 4.69) is 0 Å². The van der Waals surface area contributed by atoms with Crippen molar-refractivity contribution in [1.82, 2.24) is 0 Å². The number of carbonyl (C=O) groups excluding carboxylic acids is 1. The number of Topliss-reactive ketones (excluding diaryl/α,β-unsaturated/α-hetero) is 1. The first-order valence-electron chi connectivity index (χ1n) is 5.85. The molecule has 0 unspecified atom stereocenters. The summed E-state index contributed by atoms with van der Waals surface area (Å²) < 4.78 is 5.29. The normalized spacial score (nSPS) is 15.6. The van der Waals surface area contributed by atoms with E-state index in [1.807, 2.05) is 12.1 Å². The molecule has 0 amide bonds. The summed E-state index contributed by atoms with van der Waals surface area (Å²) in [7, 11) is 0. The van der Waals surface area contributed by atoms with Gasteiger partial charge in [-0.15, -0.1) is 0 Å². The highest BCUT2D eigenvalue weighted by atomic mass is 16.4. The standard InChI is InChI=1S/C14H12O3/c15-11-7-3-4-8-12-13(11)9-5-1-2-6-10(9)14(16)17-12/h1-2,5-6H,3-4,7-8H2. The topological polar surface area (TPSA) is 47.3 Å². The fraction of sp³-hybridized carbons (Fsp3) is 0.286. The molecular formula is C14H12O3. The second-order valence-corrected chi connectivity index (χ2v) is 4.36. The van der Waals surface area contributed by atoms with E-state index < -0.39 is 0 Å². The molecule has 1 aliphatic rings. The van der Waals surface area contributed by atoms with Gasteiger partial charge in [0.25, 0.3) is 0 Å². The zero-order valence-corrected chi connectivity index (χ0v) is 9.36. The molecule has 0 atom stereocenters. The van der Waals surface area contributed by atoms with Crippen molar-refractivity contribution in [3.05, 3.63) is 46.0 Å². The van der Waals surface area contributed by atoms with Crippen molar-refractivity contribution in [3.8, 4) is 0 Å². The van der Waals surface area contributed by atoms with E-state index >= 15 is 0 Å². The molecule has 2 aromatic rings. The third kappa shape index (κ3) is 1.58. The number of fused-ring (bicyclic) bond motifs is 3. The summed E-state index contributed by atoms with van der Waals surface area (Å²) in [5, 5.41) is 1.24. The molecule has 17 heavy (non-hydrogen) atoms. The van der Waals surface area contributed by atoms with Crippen LogP contribution in [-0.2, 0) is 6.42 Å². The third-order valence-electron chi connectivity index (χ3n) is 3.25. The molecule has 0 fully saturated rings. The van der Waals surface area contributed by atoms with E-state index in [1.165, 1.54) is 0 Å². The molecule has 1 aromatic heterocycles. The highest BCUT2D eigenvalue weighted by Gasteiger charge is 2.21. The van der Waals surface area contributed by atoms with Crippen LogP contribution in [0.1, 0.15) is 35.4 Å². The number of benzene rings is 1. The lowest BCUT2D eigenvalue weighted by Gasteiger charge is -2.06. The van der Waals surface area contributed by atoms with E-state index in [4.69, 9.17) is 4.42 Å². The van der Waals surface area contributed by atoms with Crippen LogP contribution in [0.2, 0.25) is 0 Å². The Morgan fingerprint density at radius 3 is 2.47 bits per heavy atom. The predicted molar refractivity (Wildman–Crippen MR) is 64.4 cm³/mol. The van der Waals surface area contributed by atoms with E-state index in [9.17, 15) is 9.59 Å². The predicted octanol–water partition coefficient (Wildman–Crippen LogP) is 2.70. The van der Waals surface area contributed by atoms with Crippen molar-refractivity contribution in [2.45, 2.75) is 25.7 Å². The minimum Gasteiger partial charge on any atom is -0.427 e. The second kappa shape index (κ2) is 3.84. The van der Waals surface area contributed by atoms with Crippen LogP contribution in [0, 0.1) is 0 Å². The van der Waals surface area contributed by atoms with Crippen LogP contribution in [0.15, 0.2) is 33.5 Å². The summed E-state index contributed by atoms with van der Waals surface area (Å²) in [6.45, 7) is 0. The zero-order valence-electron chi connectivity index (χ0n) is 9.36. The van der Waals surface area contributed by atoms with Crippen molar-refractivity contribution in [1.29, 1.82) is 0 Å². The lowest BCUT2D eigenvalue weighted by molar-refractivity contribution is 0.0982. The van der Waals surface area contributed by atoms with Gasteiger partial charge in [-0.05, 0) is 18.9 Å². The Morgan fingerprint density at radius 2 is 1.65 bits per heavy atom. The summed E-state index contributed by atoms with van der Waals surface area (Å²) in [5.74, 6) is 0.661. The lowest BCUT2D eigenvalue weighted by atomic mass is 10.0. The third-order valence-corrected chi connectivity index (χ3v) is 3.25. The smallest absolute Gasteiger partial charge is 0.343 e. The molecular weight excluding hydrogens is 216 g/mol. The van der Waals surface area contributed by atoms with Gasteiger partial charge in [0, 0.05) is 18.2 Å². The van der Waals surface area contributed by atoms with Gasteiger partial charge in [0.15, 0.2) is 5.78 Å². The quantitative estimate of drug-likeness (QED) is 0.651. The molecule has 1 aromatic carbocycles. The first-order valence-corrected chi connectivity index (χ1v) is 5.85. The highest BCUT2D eigenvalue weighted by Crippen LogP contribution is 2.26. The molecule has 0 aliphatic heterocycles. The van der Waals surface area contributed by atoms with Crippen LogP contribution >= 0.6 is 0 Å². The van der Waals surface area contributed by atoms with Crippen LogP contribution in [0.3, 0.4) is 0 Å². The Morgan fingerprint density at radius 1 is 0.941 bits per heavy atom. The van der Waals surface area contributed by atoms with E-state index in [1.54, 1.807) is 12.1 Å². The van der Waals surface area contributed by atoms with E-state index in [-0.39, 0.29) is 11.4 Å². The monoisotopic (exact) mass is 228 g/mol. The van der Waals surface area contributed by atoms with Gasteiger partial charge in [-0.1, -0.05) is 18.2 Å². The van der Waals surface area contributed by atoms with Crippen LogP contribution < -0.4 is 5.63 Å². The Kier molecular flexibility index (Phi) is 2.32. The molecule has 0 saturated carbocycles. The molecule has 0 bridgehead atoms. The van der Waals surface area contributed by atoms with Crippen molar-refractivity contribution in [3.63, 3.8) is 0 Å². The fourth-order valence-electron chi connectivity index (χ4n) is 2.43. The van der Waals surface area contributed by atoms with E-state index in [0.29, 0.717) is 29.6 Å². The van der Waals surface area contributed by atoms with Gasteiger partial charge in [0.1, 0.15) is 5.76 Å². The molecule has 0 N–H and O–H groups in total. The summed E-state index contributed by atoms with van der Waals surface area (Å²) in [6.07, 6.45) is 3.00. The van der Waals surface area contributed by atoms with Gasteiger partial charge in [0.05, 0.1) is 10.9 Å². The Bertz CT molecular complexity index is 652. The highest BCUT2D eigenvalue weighted by molar-refractivity contribution is 6.08.